The maximum absolute atomic E-state index is 5.72. The molecule has 0 unspecified atom stereocenters. The second kappa shape index (κ2) is 4.62. The van der Waals surface area contributed by atoms with Gasteiger partial charge in [0.2, 0.25) is 0 Å². The minimum absolute atomic E-state index is 0.700. The summed E-state index contributed by atoms with van der Waals surface area (Å²) in [6.07, 6.45) is 1.81. The number of nitrogens with zero attached hydrogens (tertiary/aromatic N) is 2. The van der Waals surface area contributed by atoms with E-state index in [2.05, 4.69) is 51.8 Å². The van der Waals surface area contributed by atoms with Gasteiger partial charge in [0, 0.05) is 21.7 Å². The number of benzene rings is 2. The number of hydrazine groups is 1. The smallest absolute Gasteiger partial charge is 0.158 e. The molecule has 0 aliphatic rings. The van der Waals surface area contributed by atoms with Crippen molar-refractivity contribution in [1.29, 1.82) is 0 Å². The molecule has 0 fully saturated rings. The van der Waals surface area contributed by atoms with Crippen LogP contribution in [0.2, 0.25) is 0 Å². The average molecular weight is 316 g/mol. The summed E-state index contributed by atoms with van der Waals surface area (Å²) in [4.78, 5) is 9.20. The summed E-state index contributed by atoms with van der Waals surface area (Å²) in [5.74, 6) is 6.41. The quantitative estimate of drug-likeness (QED) is 0.354. The first-order chi connectivity index (χ1) is 11.4. The van der Waals surface area contributed by atoms with Gasteiger partial charge in [0.25, 0.3) is 0 Å². The third-order valence-electron chi connectivity index (χ3n) is 4.19. The molecule has 0 saturated heterocycles. The van der Waals surface area contributed by atoms with E-state index < -0.39 is 0 Å². The summed E-state index contributed by atoms with van der Waals surface area (Å²) in [7, 11) is 0. The largest absolute Gasteiger partial charge is 0.307 e. The van der Waals surface area contributed by atoms with Crippen molar-refractivity contribution in [3.8, 4) is 0 Å². The molecule has 0 aliphatic carbocycles. The Labute approximate surface area is 135 Å². The zero-order valence-electron chi connectivity index (χ0n) is 12.1. The SMILES string of the molecule is NNc1nc2cccnc2c2c1sc1ccc3ccccc3c12. The molecule has 5 heteroatoms. The average Bonchev–Trinajstić information content (AvgIpc) is 3.01. The molecule has 0 radical (unpaired) electrons. The molecule has 0 bridgehead atoms. The lowest BCUT2D eigenvalue weighted by Gasteiger charge is -2.05. The maximum Gasteiger partial charge on any atom is 0.158 e. The van der Waals surface area contributed by atoms with E-state index in [1.54, 1.807) is 11.3 Å². The van der Waals surface area contributed by atoms with Gasteiger partial charge in [0.15, 0.2) is 5.82 Å². The van der Waals surface area contributed by atoms with Gasteiger partial charge in [0.1, 0.15) is 0 Å². The van der Waals surface area contributed by atoms with Gasteiger partial charge in [-0.3, -0.25) is 4.98 Å². The highest BCUT2D eigenvalue weighted by Crippen LogP contribution is 2.43. The maximum atomic E-state index is 5.72. The Hall–Kier alpha value is -2.76. The van der Waals surface area contributed by atoms with Crippen LogP contribution in [0.15, 0.2) is 54.7 Å². The molecule has 3 aromatic heterocycles. The lowest BCUT2D eigenvalue weighted by molar-refractivity contribution is 1.28. The number of hydrogen-bond acceptors (Lipinski definition) is 5. The molecule has 23 heavy (non-hydrogen) atoms. The molecule has 2 aromatic carbocycles. The minimum Gasteiger partial charge on any atom is -0.307 e. The van der Waals surface area contributed by atoms with E-state index in [-0.39, 0.29) is 0 Å². The van der Waals surface area contributed by atoms with Crippen molar-refractivity contribution in [1.82, 2.24) is 9.97 Å². The van der Waals surface area contributed by atoms with Gasteiger partial charge in [-0.1, -0.05) is 30.3 Å². The summed E-state index contributed by atoms with van der Waals surface area (Å²) in [5, 5.41) is 4.81. The van der Waals surface area contributed by atoms with Crippen molar-refractivity contribution in [2.24, 2.45) is 5.84 Å². The summed E-state index contributed by atoms with van der Waals surface area (Å²) >= 11 is 1.70. The summed E-state index contributed by atoms with van der Waals surface area (Å²) in [5.41, 5.74) is 4.51. The summed E-state index contributed by atoms with van der Waals surface area (Å²) in [6.45, 7) is 0. The molecule has 0 atom stereocenters. The molecular weight excluding hydrogens is 304 g/mol. The van der Waals surface area contributed by atoms with Crippen LogP contribution in [-0.2, 0) is 0 Å². The number of pyridine rings is 2. The number of nitrogens with one attached hydrogen (secondary N) is 1. The first kappa shape index (κ1) is 12.8. The highest BCUT2D eigenvalue weighted by molar-refractivity contribution is 7.26. The monoisotopic (exact) mass is 316 g/mol. The van der Waals surface area contributed by atoms with Crippen LogP contribution in [0.1, 0.15) is 0 Å². The van der Waals surface area contributed by atoms with Gasteiger partial charge >= 0.3 is 0 Å². The molecule has 3 heterocycles. The number of aromatic nitrogens is 2. The fourth-order valence-electron chi connectivity index (χ4n) is 3.21. The fourth-order valence-corrected chi connectivity index (χ4v) is 4.38. The van der Waals surface area contributed by atoms with Gasteiger partial charge in [0.05, 0.1) is 15.7 Å². The number of anilines is 1. The van der Waals surface area contributed by atoms with Crippen LogP contribution in [0.3, 0.4) is 0 Å². The lowest BCUT2D eigenvalue weighted by atomic mass is 10.0. The van der Waals surface area contributed by atoms with Crippen LogP contribution in [0.25, 0.3) is 42.0 Å². The van der Waals surface area contributed by atoms with E-state index in [0.717, 1.165) is 21.1 Å². The van der Waals surface area contributed by atoms with Crippen molar-refractivity contribution in [2.75, 3.05) is 5.43 Å². The van der Waals surface area contributed by atoms with Crippen molar-refractivity contribution in [2.45, 2.75) is 0 Å². The second-order valence-corrected chi connectivity index (χ2v) is 6.49. The standard InChI is InChI=1S/C18H12N4S/c19-22-18-17-15(16-12(21-18)6-3-9-20-16)14-11-5-2-1-4-10(11)7-8-13(14)23-17/h1-9H,19H2,(H,21,22). The third kappa shape index (κ3) is 1.69. The Kier molecular flexibility index (Phi) is 2.56. The molecular formula is C18H12N4S. The van der Waals surface area contributed by atoms with E-state index in [1.807, 2.05) is 18.3 Å². The zero-order chi connectivity index (χ0) is 15.4. The van der Waals surface area contributed by atoms with Crippen molar-refractivity contribution in [3.05, 3.63) is 54.7 Å². The normalized spacial score (nSPS) is 11.7. The Morgan fingerprint density at radius 2 is 1.87 bits per heavy atom. The highest BCUT2D eigenvalue weighted by atomic mass is 32.1. The van der Waals surface area contributed by atoms with Crippen LogP contribution < -0.4 is 11.3 Å². The van der Waals surface area contributed by atoms with Crippen molar-refractivity contribution >= 4 is 59.1 Å². The van der Waals surface area contributed by atoms with E-state index in [0.29, 0.717) is 5.82 Å². The Morgan fingerprint density at radius 1 is 0.957 bits per heavy atom. The van der Waals surface area contributed by atoms with Gasteiger partial charge in [-0.15, -0.1) is 11.3 Å². The van der Waals surface area contributed by atoms with Crippen molar-refractivity contribution < 1.29 is 0 Å². The molecule has 0 aliphatic heterocycles. The van der Waals surface area contributed by atoms with E-state index in [4.69, 9.17) is 5.84 Å². The van der Waals surface area contributed by atoms with E-state index >= 15 is 0 Å². The van der Waals surface area contributed by atoms with Crippen LogP contribution in [-0.4, -0.2) is 9.97 Å². The Bertz CT molecular complexity index is 1210. The summed E-state index contributed by atoms with van der Waals surface area (Å²) < 4.78 is 2.26. The van der Waals surface area contributed by atoms with Crippen molar-refractivity contribution in [3.63, 3.8) is 0 Å². The second-order valence-electron chi connectivity index (χ2n) is 5.44. The van der Waals surface area contributed by atoms with Crippen LogP contribution in [0.5, 0.6) is 0 Å². The fraction of sp³-hybridized carbons (Fsp3) is 0. The predicted octanol–water partition coefficient (Wildman–Crippen LogP) is 4.44. The van der Waals surface area contributed by atoms with Crippen LogP contribution in [0, 0.1) is 0 Å². The molecule has 3 N–H and O–H groups in total. The third-order valence-corrected chi connectivity index (χ3v) is 5.35. The lowest BCUT2D eigenvalue weighted by Crippen LogP contribution is -2.08. The number of hydrogen-bond donors (Lipinski definition) is 2. The van der Waals surface area contributed by atoms with Gasteiger partial charge in [-0.25, -0.2) is 10.8 Å². The van der Waals surface area contributed by atoms with Crippen LogP contribution in [0.4, 0.5) is 5.82 Å². The number of thiophene rings is 1. The first-order valence-corrected chi connectivity index (χ1v) is 8.14. The molecule has 4 nitrogen and oxygen atoms in total. The predicted molar refractivity (Wildman–Crippen MR) is 97.7 cm³/mol. The van der Waals surface area contributed by atoms with Gasteiger partial charge in [-0.2, -0.15) is 0 Å². The Morgan fingerprint density at radius 3 is 2.78 bits per heavy atom. The molecule has 5 aromatic rings. The van der Waals surface area contributed by atoms with E-state index in [1.165, 1.54) is 20.9 Å². The van der Waals surface area contributed by atoms with Gasteiger partial charge < -0.3 is 5.43 Å². The number of fused-ring (bicyclic) bond motifs is 7. The first-order valence-electron chi connectivity index (χ1n) is 7.32. The Balaban J connectivity index is 2.16. The number of rotatable bonds is 1. The molecule has 0 amide bonds. The minimum atomic E-state index is 0.700. The molecule has 110 valence electrons. The molecule has 0 saturated carbocycles. The highest BCUT2D eigenvalue weighted by Gasteiger charge is 2.16. The zero-order valence-corrected chi connectivity index (χ0v) is 12.9. The number of nitrogen functional groups attached to an aromatic ring is 1. The summed E-state index contributed by atoms with van der Waals surface area (Å²) in [6, 6.07) is 16.6. The molecule has 0 spiro atoms. The topological polar surface area (TPSA) is 63.8 Å². The van der Waals surface area contributed by atoms with Gasteiger partial charge in [-0.05, 0) is 29.0 Å². The molecule has 5 rings (SSSR count). The number of nitrogens with two attached hydrogens (primary N) is 1. The van der Waals surface area contributed by atoms with E-state index in [9.17, 15) is 0 Å². The van der Waals surface area contributed by atoms with Crippen LogP contribution >= 0.6 is 11.3 Å².